The van der Waals surface area contributed by atoms with Gasteiger partial charge in [0, 0.05) is 61.6 Å². The quantitative estimate of drug-likeness (QED) is 0.151. The second-order valence-electron chi connectivity index (χ2n) is 12.1. The van der Waals surface area contributed by atoms with Crippen LogP contribution in [0.5, 0.6) is 0 Å². The summed E-state index contributed by atoms with van der Waals surface area (Å²) >= 11 is 6.42. The number of aromatic nitrogens is 2. The summed E-state index contributed by atoms with van der Waals surface area (Å²) in [6, 6.07) is 6.34. The highest BCUT2D eigenvalue weighted by atomic mass is 79.9. The minimum atomic E-state index is -0.443. The molecule has 4 aromatic rings. The third-order valence-corrected chi connectivity index (χ3v) is 10.2. The first-order valence-corrected chi connectivity index (χ1v) is 18.1. The molecular weight excluding hydrogens is 782 g/mol. The maximum absolute atomic E-state index is 13.8. The molecule has 2 fully saturated rings. The summed E-state index contributed by atoms with van der Waals surface area (Å²) < 4.78 is 49.5. The van der Waals surface area contributed by atoms with Crippen molar-refractivity contribution in [3.05, 3.63) is 68.4 Å². The molecule has 50 heavy (non-hydrogen) atoms. The molecule has 2 aliphatic rings. The van der Waals surface area contributed by atoms with Crippen molar-refractivity contribution >= 4 is 77.0 Å². The van der Waals surface area contributed by atoms with Crippen LogP contribution in [0.25, 0.3) is 21.8 Å². The number of hydrogen-bond acceptors (Lipinski definition) is 10. The van der Waals surface area contributed by atoms with Crippen LogP contribution in [-0.2, 0) is 18.9 Å². The number of esters is 2. The maximum Gasteiger partial charge on any atom is 0.341 e. The molecule has 268 valence electrons. The number of carbonyl (C=O) groups excluding carboxylic acids is 2. The van der Waals surface area contributed by atoms with Gasteiger partial charge in [0.1, 0.15) is 22.8 Å². The van der Waals surface area contributed by atoms with Gasteiger partial charge in [-0.2, -0.15) is 0 Å². The minimum absolute atomic E-state index is 0.174. The molecule has 2 aliphatic carbocycles. The smallest absolute Gasteiger partial charge is 0.341 e. The van der Waals surface area contributed by atoms with E-state index in [0.717, 1.165) is 38.5 Å². The number of hydrogen-bond donors (Lipinski definition) is 2. The summed E-state index contributed by atoms with van der Waals surface area (Å²) in [7, 11) is 3.41. The van der Waals surface area contributed by atoms with E-state index >= 15 is 0 Å². The largest absolute Gasteiger partial charge is 0.462 e. The summed E-state index contributed by atoms with van der Waals surface area (Å²) in [4.78, 5) is 33.1. The Kier molecular flexibility index (Phi) is 13.0. The van der Waals surface area contributed by atoms with Gasteiger partial charge in [-0.05, 0) is 96.4 Å². The fourth-order valence-electron chi connectivity index (χ4n) is 6.39. The van der Waals surface area contributed by atoms with Crippen molar-refractivity contribution in [1.29, 1.82) is 0 Å². The number of rotatable bonds is 10. The maximum atomic E-state index is 13.8. The standard InChI is InChI=1S/2C18H20BrFN2O3/c2*1-3-25-18(23)13-9-21-16-8-15(20)14(19)7-12(16)17(13)22-10-4-5-11(6-10)24-2/h2*7-11H,3-6H2,1-2H3,(H,21,22)/t2*10-,11-/m10/s1. The van der Waals surface area contributed by atoms with Crippen LogP contribution in [0.2, 0.25) is 0 Å². The SMILES string of the molecule is CCOC(=O)c1cnc2cc(F)c(Br)cc2c1N[C@@H]1CC[C@@H](OC)C1.CCOC(=O)c1cnc2cc(F)c(Br)cc2c1N[C@H]1CC[C@H](OC)C1. The zero-order chi connectivity index (χ0) is 35.9. The second kappa shape index (κ2) is 17.2. The van der Waals surface area contributed by atoms with Gasteiger partial charge in [-0.15, -0.1) is 0 Å². The Bertz CT molecular complexity index is 1730. The van der Waals surface area contributed by atoms with Crippen LogP contribution in [0.4, 0.5) is 20.2 Å². The molecule has 2 aromatic heterocycles. The fourth-order valence-corrected chi connectivity index (χ4v) is 7.08. The third kappa shape index (κ3) is 8.70. The van der Waals surface area contributed by atoms with Gasteiger partial charge in [-0.25, -0.2) is 18.4 Å². The number of nitrogens with zero attached hydrogens (tertiary/aromatic N) is 2. The van der Waals surface area contributed by atoms with Crippen LogP contribution in [0.1, 0.15) is 73.1 Å². The van der Waals surface area contributed by atoms with Gasteiger partial charge >= 0.3 is 11.9 Å². The van der Waals surface area contributed by atoms with Crippen LogP contribution in [-0.4, -0.2) is 73.6 Å². The minimum Gasteiger partial charge on any atom is -0.462 e. The van der Waals surface area contributed by atoms with Crippen molar-refractivity contribution in [2.45, 2.75) is 76.7 Å². The highest BCUT2D eigenvalue weighted by molar-refractivity contribution is 9.10. The van der Waals surface area contributed by atoms with Crippen molar-refractivity contribution in [2.75, 3.05) is 38.1 Å². The lowest BCUT2D eigenvalue weighted by molar-refractivity contribution is 0.0517. The molecule has 0 unspecified atom stereocenters. The van der Waals surface area contributed by atoms with Gasteiger partial charge in [0.25, 0.3) is 0 Å². The molecule has 0 amide bonds. The van der Waals surface area contributed by atoms with Crippen LogP contribution in [0.3, 0.4) is 0 Å². The highest BCUT2D eigenvalue weighted by Gasteiger charge is 2.28. The Morgan fingerprint density at radius 3 is 1.46 bits per heavy atom. The van der Waals surface area contributed by atoms with E-state index in [1.165, 1.54) is 24.5 Å². The van der Waals surface area contributed by atoms with Crippen LogP contribution in [0.15, 0.2) is 45.6 Å². The first kappa shape index (κ1) is 37.8. The summed E-state index contributed by atoms with van der Waals surface area (Å²) in [6.07, 6.45) is 8.81. The van der Waals surface area contributed by atoms with E-state index in [1.807, 2.05) is 0 Å². The molecule has 0 radical (unpaired) electrons. The first-order valence-electron chi connectivity index (χ1n) is 16.5. The lowest BCUT2D eigenvalue weighted by atomic mass is 10.1. The summed E-state index contributed by atoms with van der Waals surface area (Å²) in [5.41, 5.74) is 2.94. The van der Waals surface area contributed by atoms with Crippen LogP contribution >= 0.6 is 31.9 Å². The van der Waals surface area contributed by atoms with E-state index in [4.69, 9.17) is 18.9 Å². The normalized spacial score (nSPS) is 20.0. The lowest BCUT2D eigenvalue weighted by Gasteiger charge is -2.19. The van der Waals surface area contributed by atoms with Gasteiger partial charge in [-0.1, -0.05) is 0 Å². The molecule has 10 nitrogen and oxygen atoms in total. The Balaban J connectivity index is 0.000000194. The van der Waals surface area contributed by atoms with Crippen molar-refractivity contribution in [3.8, 4) is 0 Å². The highest BCUT2D eigenvalue weighted by Crippen LogP contribution is 2.35. The third-order valence-electron chi connectivity index (χ3n) is 8.94. The predicted octanol–water partition coefficient (Wildman–Crippen LogP) is 8.59. The van der Waals surface area contributed by atoms with Gasteiger partial charge in [-0.3, -0.25) is 9.97 Å². The Morgan fingerprint density at radius 2 is 1.12 bits per heavy atom. The Morgan fingerprint density at radius 1 is 0.720 bits per heavy atom. The Hall–Kier alpha value is -3.46. The molecule has 6 rings (SSSR count). The Labute approximate surface area is 306 Å². The number of pyridine rings is 2. The molecule has 0 spiro atoms. The molecule has 2 saturated carbocycles. The van der Waals surface area contributed by atoms with Gasteiger partial charge < -0.3 is 29.6 Å². The first-order chi connectivity index (χ1) is 24.1. The van der Waals surface area contributed by atoms with Crippen molar-refractivity contribution in [3.63, 3.8) is 0 Å². The molecule has 0 saturated heterocycles. The van der Waals surface area contributed by atoms with E-state index in [2.05, 4.69) is 52.5 Å². The number of halogens is 4. The average Bonchev–Trinajstić information content (AvgIpc) is 3.76. The average molecular weight is 823 g/mol. The molecule has 2 aromatic carbocycles. The molecular formula is C36H40Br2F2N4O6. The summed E-state index contributed by atoms with van der Waals surface area (Å²) in [5.74, 6) is -1.67. The zero-order valence-corrected chi connectivity index (χ0v) is 31.5. The van der Waals surface area contributed by atoms with Crippen molar-refractivity contribution in [2.24, 2.45) is 0 Å². The molecule has 0 bridgehead atoms. The second-order valence-corrected chi connectivity index (χ2v) is 13.8. The van der Waals surface area contributed by atoms with E-state index in [9.17, 15) is 18.4 Å². The van der Waals surface area contributed by atoms with Gasteiger partial charge in [0.05, 0.1) is 56.8 Å². The molecule has 4 atom stereocenters. The van der Waals surface area contributed by atoms with E-state index in [-0.39, 0.29) is 37.5 Å². The molecule has 14 heteroatoms. The zero-order valence-electron chi connectivity index (χ0n) is 28.3. The number of carbonyl (C=O) groups is 2. The number of methoxy groups -OCH3 is 2. The monoisotopic (exact) mass is 820 g/mol. The lowest BCUT2D eigenvalue weighted by Crippen LogP contribution is -2.20. The number of ether oxygens (including phenoxy) is 4. The van der Waals surface area contributed by atoms with Crippen LogP contribution in [0, 0.1) is 11.6 Å². The number of nitrogens with one attached hydrogen (secondary N) is 2. The van der Waals surface area contributed by atoms with Crippen molar-refractivity contribution < 1.29 is 37.3 Å². The summed E-state index contributed by atoms with van der Waals surface area (Å²) in [5, 5.41) is 8.24. The van der Waals surface area contributed by atoms with Crippen LogP contribution < -0.4 is 10.6 Å². The molecule has 0 aliphatic heterocycles. The van der Waals surface area contributed by atoms with E-state index in [0.29, 0.717) is 53.3 Å². The van der Waals surface area contributed by atoms with Gasteiger partial charge in [0.15, 0.2) is 0 Å². The van der Waals surface area contributed by atoms with Crippen molar-refractivity contribution in [1.82, 2.24) is 9.97 Å². The predicted molar refractivity (Wildman–Crippen MR) is 195 cm³/mol. The summed E-state index contributed by atoms with van der Waals surface area (Å²) in [6.45, 7) is 4.06. The molecule has 2 N–H and O–H groups in total. The number of fused-ring (bicyclic) bond motifs is 2. The fraction of sp³-hybridized carbons (Fsp3) is 0.444. The molecule has 2 heterocycles. The topological polar surface area (TPSA) is 121 Å². The number of anilines is 2. The van der Waals surface area contributed by atoms with E-state index in [1.54, 1.807) is 40.2 Å². The van der Waals surface area contributed by atoms with E-state index < -0.39 is 23.6 Å². The number of benzene rings is 2. The van der Waals surface area contributed by atoms with Gasteiger partial charge in [0.2, 0.25) is 0 Å².